The number of hydrogen-bond donors (Lipinski definition) is 2. The molecule has 0 fully saturated rings. The van der Waals surface area contributed by atoms with E-state index in [0.717, 1.165) is 20.3 Å². The smallest absolute Gasteiger partial charge is 0.307 e. The first kappa shape index (κ1) is 19.4. The maximum atomic E-state index is 12.6. The van der Waals surface area contributed by atoms with Crippen LogP contribution >= 0.6 is 22.6 Å². The molecule has 132 valence electrons. The molecule has 25 heavy (non-hydrogen) atoms. The second-order valence-electron chi connectivity index (χ2n) is 6.40. The lowest BCUT2D eigenvalue weighted by Gasteiger charge is -2.20. The largest absolute Gasteiger partial charge is 0.481 e. The van der Waals surface area contributed by atoms with Gasteiger partial charge in [-0.3, -0.25) is 9.59 Å². The summed E-state index contributed by atoms with van der Waals surface area (Å²) in [7, 11) is 0. The third kappa shape index (κ3) is 5.29. The molecule has 2 rings (SSSR count). The Morgan fingerprint density at radius 2 is 1.72 bits per heavy atom. The van der Waals surface area contributed by atoms with Crippen molar-refractivity contribution in [1.29, 1.82) is 0 Å². The number of halogens is 1. The van der Waals surface area contributed by atoms with Crippen LogP contribution in [0.2, 0.25) is 0 Å². The lowest BCUT2D eigenvalue weighted by Crippen LogP contribution is -2.33. The third-order valence-electron chi connectivity index (χ3n) is 4.20. The van der Waals surface area contributed by atoms with E-state index in [4.69, 9.17) is 0 Å². The quantitative estimate of drug-likeness (QED) is 0.639. The number of hydrogen-bond acceptors (Lipinski definition) is 2. The summed E-state index contributed by atoms with van der Waals surface area (Å²) < 4.78 is 0.918. The average molecular weight is 451 g/mol. The summed E-state index contributed by atoms with van der Waals surface area (Å²) in [6, 6.07) is 13.4. The molecular weight excluding hydrogens is 429 g/mol. The van der Waals surface area contributed by atoms with E-state index in [1.165, 1.54) is 0 Å². The van der Waals surface area contributed by atoms with Crippen LogP contribution in [-0.2, 0) is 16.0 Å². The van der Waals surface area contributed by atoms with Crippen LogP contribution in [0.4, 0.5) is 5.69 Å². The van der Waals surface area contributed by atoms with E-state index in [2.05, 4.69) is 27.9 Å². The number of nitrogens with one attached hydrogen (secondary N) is 1. The summed E-state index contributed by atoms with van der Waals surface area (Å²) >= 11 is 2.14. The van der Waals surface area contributed by atoms with Crippen molar-refractivity contribution in [2.75, 3.05) is 5.32 Å². The van der Waals surface area contributed by atoms with Crippen LogP contribution in [-0.4, -0.2) is 17.0 Å². The van der Waals surface area contributed by atoms with Crippen molar-refractivity contribution in [1.82, 2.24) is 0 Å². The Morgan fingerprint density at radius 1 is 1.12 bits per heavy atom. The van der Waals surface area contributed by atoms with Crippen LogP contribution in [0.3, 0.4) is 0 Å². The number of benzene rings is 2. The van der Waals surface area contributed by atoms with Crippen LogP contribution < -0.4 is 5.32 Å². The number of amides is 1. The highest BCUT2D eigenvalue weighted by molar-refractivity contribution is 14.1. The Labute approximate surface area is 161 Å². The van der Waals surface area contributed by atoms with E-state index in [-0.39, 0.29) is 5.91 Å². The van der Waals surface area contributed by atoms with Crippen LogP contribution in [0.15, 0.2) is 42.5 Å². The standard InChI is InChI=1S/C20H22INO3/c1-12-8-13(2)10-15(9-12)11-16(20(24)25)14(3)19(23)22-18-7-5-4-6-17(18)21/h4-10,14,16H,11H2,1-3H3,(H,22,23)(H,24,25)/t14-,16+/m1/s1. The van der Waals surface area contributed by atoms with Crippen LogP contribution in [0.25, 0.3) is 0 Å². The Hall–Kier alpha value is -1.89. The monoisotopic (exact) mass is 451 g/mol. The molecule has 0 radical (unpaired) electrons. The van der Waals surface area contributed by atoms with E-state index in [1.807, 2.05) is 56.3 Å². The minimum atomic E-state index is -0.954. The molecule has 0 heterocycles. The minimum Gasteiger partial charge on any atom is -0.481 e. The zero-order chi connectivity index (χ0) is 18.6. The molecule has 0 unspecified atom stereocenters. The van der Waals surface area contributed by atoms with Gasteiger partial charge in [-0.2, -0.15) is 0 Å². The van der Waals surface area contributed by atoms with Crippen molar-refractivity contribution in [3.05, 3.63) is 62.7 Å². The third-order valence-corrected chi connectivity index (χ3v) is 5.14. The number of carbonyl (C=O) groups is 2. The number of para-hydroxylation sites is 1. The first-order valence-electron chi connectivity index (χ1n) is 8.13. The number of aryl methyl sites for hydroxylation is 2. The molecule has 2 aromatic carbocycles. The van der Waals surface area contributed by atoms with Crippen LogP contribution in [0, 0.1) is 29.3 Å². The van der Waals surface area contributed by atoms with Crippen molar-refractivity contribution in [3.8, 4) is 0 Å². The Morgan fingerprint density at radius 3 is 2.28 bits per heavy atom. The molecule has 1 amide bonds. The molecule has 0 aliphatic rings. The van der Waals surface area contributed by atoms with Gasteiger partial charge in [0, 0.05) is 9.49 Å². The Balaban J connectivity index is 2.17. The summed E-state index contributed by atoms with van der Waals surface area (Å²) in [5.74, 6) is -2.65. The molecule has 2 N–H and O–H groups in total. The molecule has 0 spiro atoms. The maximum Gasteiger partial charge on any atom is 0.307 e. The Bertz CT molecular complexity index is 768. The maximum absolute atomic E-state index is 12.6. The first-order valence-corrected chi connectivity index (χ1v) is 9.21. The molecule has 0 bridgehead atoms. The van der Waals surface area contributed by atoms with E-state index < -0.39 is 17.8 Å². The Kier molecular flexibility index (Phi) is 6.58. The van der Waals surface area contributed by atoms with Gasteiger partial charge in [0.15, 0.2) is 0 Å². The molecule has 4 nitrogen and oxygen atoms in total. The van der Waals surface area contributed by atoms with Gasteiger partial charge in [-0.25, -0.2) is 0 Å². The number of carbonyl (C=O) groups excluding carboxylic acids is 1. The van der Waals surface area contributed by atoms with Crippen molar-refractivity contribution in [2.24, 2.45) is 11.8 Å². The average Bonchev–Trinajstić information content (AvgIpc) is 2.53. The summed E-state index contributed by atoms with van der Waals surface area (Å²) in [5.41, 5.74) is 3.83. The summed E-state index contributed by atoms with van der Waals surface area (Å²) in [6.07, 6.45) is 0.332. The lowest BCUT2D eigenvalue weighted by atomic mass is 9.86. The molecule has 2 aromatic rings. The molecule has 0 saturated heterocycles. The van der Waals surface area contributed by atoms with E-state index in [9.17, 15) is 14.7 Å². The number of rotatable bonds is 6. The predicted octanol–water partition coefficient (Wildman–Crippen LogP) is 4.43. The molecular formula is C20H22INO3. The lowest BCUT2D eigenvalue weighted by molar-refractivity contribution is -0.145. The second kappa shape index (κ2) is 8.47. The van der Waals surface area contributed by atoms with E-state index in [1.54, 1.807) is 6.92 Å². The van der Waals surface area contributed by atoms with Crippen molar-refractivity contribution < 1.29 is 14.7 Å². The summed E-state index contributed by atoms with van der Waals surface area (Å²) in [4.78, 5) is 24.3. The summed E-state index contributed by atoms with van der Waals surface area (Å²) in [5, 5.41) is 12.5. The molecule has 5 heteroatoms. The van der Waals surface area contributed by atoms with Gasteiger partial charge in [-0.1, -0.05) is 48.4 Å². The fourth-order valence-corrected chi connectivity index (χ4v) is 3.43. The van der Waals surface area contributed by atoms with Crippen LogP contribution in [0.1, 0.15) is 23.6 Å². The zero-order valence-corrected chi connectivity index (χ0v) is 16.7. The number of carboxylic acids is 1. The van der Waals surface area contributed by atoms with Crippen molar-refractivity contribution in [2.45, 2.75) is 27.2 Å². The number of anilines is 1. The van der Waals surface area contributed by atoms with Crippen molar-refractivity contribution >= 4 is 40.2 Å². The molecule has 0 saturated carbocycles. The number of carboxylic acid groups (broad SMARTS) is 1. The fourth-order valence-electron chi connectivity index (χ4n) is 2.91. The van der Waals surface area contributed by atoms with Gasteiger partial charge in [0.05, 0.1) is 11.6 Å². The van der Waals surface area contributed by atoms with Gasteiger partial charge in [0.1, 0.15) is 0 Å². The fraction of sp³-hybridized carbons (Fsp3) is 0.300. The second-order valence-corrected chi connectivity index (χ2v) is 7.56. The molecule has 2 atom stereocenters. The van der Waals surface area contributed by atoms with E-state index in [0.29, 0.717) is 12.1 Å². The zero-order valence-electron chi connectivity index (χ0n) is 14.5. The topological polar surface area (TPSA) is 66.4 Å². The summed E-state index contributed by atoms with van der Waals surface area (Å²) in [6.45, 7) is 5.64. The highest BCUT2D eigenvalue weighted by Crippen LogP contribution is 2.23. The predicted molar refractivity (Wildman–Crippen MR) is 108 cm³/mol. The van der Waals surface area contributed by atoms with Crippen LogP contribution in [0.5, 0.6) is 0 Å². The van der Waals surface area contributed by atoms with E-state index >= 15 is 0 Å². The van der Waals surface area contributed by atoms with Gasteiger partial charge < -0.3 is 10.4 Å². The van der Waals surface area contributed by atoms with Gasteiger partial charge >= 0.3 is 5.97 Å². The van der Waals surface area contributed by atoms with Gasteiger partial charge in [0.2, 0.25) is 5.91 Å². The molecule has 0 aliphatic carbocycles. The highest BCUT2D eigenvalue weighted by atomic mass is 127. The normalized spacial score (nSPS) is 13.1. The molecule has 0 aliphatic heterocycles. The van der Waals surface area contributed by atoms with Gasteiger partial charge in [-0.05, 0) is 60.6 Å². The molecule has 0 aromatic heterocycles. The minimum absolute atomic E-state index is 0.277. The SMILES string of the molecule is Cc1cc(C)cc(C[C@H](C(=O)O)[C@@H](C)C(=O)Nc2ccccc2I)c1. The highest BCUT2D eigenvalue weighted by Gasteiger charge is 2.30. The van der Waals surface area contributed by atoms with Crippen molar-refractivity contribution in [3.63, 3.8) is 0 Å². The van der Waals surface area contributed by atoms with Gasteiger partial charge in [0.25, 0.3) is 0 Å². The van der Waals surface area contributed by atoms with Gasteiger partial charge in [-0.15, -0.1) is 0 Å². The first-order chi connectivity index (χ1) is 11.8. The number of aliphatic carboxylic acids is 1.